The largest absolute Gasteiger partial charge is 0.403 e. The van der Waals surface area contributed by atoms with Gasteiger partial charge in [-0.15, -0.1) is 11.3 Å². The number of ether oxygens (including phenoxy) is 1. The molecular weight excluding hydrogens is 274 g/mol. The Morgan fingerprint density at radius 3 is 2.75 bits per heavy atom. The number of thiazole rings is 1. The molecule has 5 nitrogen and oxygen atoms in total. The van der Waals surface area contributed by atoms with Crippen LogP contribution in [0.25, 0.3) is 10.4 Å². The molecule has 6 heteroatoms. The second-order valence-electron chi connectivity index (χ2n) is 4.09. The van der Waals surface area contributed by atoms with E-state index in [1.165, 1.54) is 17.5 Å². The Morgan fingerprint density at radius 1 is 1.25 bits per heavy atom. The summed E-state index contributed by atoms with van der Waals surface area (Å²) in [5.74, 6) is -0.183. The highest BCUT2D eigenvalue weighted by molar-refractivity contribution is 7.15. The molecule has 0 fully saturated rings. The van der Waals surface area contributed by atoms with Crippen LogP contribution in [-0.2, 0) is 0 Å². The van der Waals surface area contributed by atoms with Crippen molar-refractivity contribution in [2.45, 2.75) is 6.92 Å². The first-order valence-corrected chi connectivity index (χ1v) is 6.80. The molecule has 3 aromatic rings. The SMILES string of the molecule is Cc1nc(C(=O)Oc2ccn[nH]2)c(-c2ccccc2)s1. The number of nitrogens with zero attached hydrogens (tertiary/aromatic N) is 2. The molecule has 3 rings (SSSR count). The second-order valence-corrected chi connectivity index (χ2v) is 5.29. The maximum Gasteiger partial charge on any atom is 0.365 e. The van der Waals surface area contributed by atoms with Crippen LogP contribution in [0, 0.1) is 6.92 Å². The molecule has 100 valence electrons. The molecule has 0 amide bonds. The van der Waals surface area contributed by atoms with Gasteiger partial charge in [-0.1, -0.05) is 30.3 Å². The lowest BCUT2D eigenvalue weighted by Crippen LogP contribution is -2.10. The average Bonchev–Trinajstić information content (AvgIpc) is 3.09. The predicted octanol–water partition coefficient (Wildman–Crippen LogP) is 3.06. The topological polar surface area (TPSA) is 67.9 Å². The number of aromatic nitrogens is 3. The maximum absolute atomic E-state index is 12.2. The molecule has 0 unspecified atom stereocenters. The van der Waals surface area contributed by atoms with E-state index in [0.717, 1.165) is 15.4 Å². The fraction of sp³-hybridized carbons (Fsp3) is 0.0714. The number of aromatic amines is 1. The number of carbonyl (C=O) groups excluding carboxylic acids is 1. The van der Waals surface area contributed by atoms with Crippen molar-refractivity contribution in [3.05, 3.63) is 53.3 Å². The van der Waals surface area contributed by atoms with Crippen LogP contribution in [-0.4, -0.2) is 21.2 Å². The number of aryl methyl sites for hydroxylation is 1. The molecule has 0 radical (unpaired) electrons. The quantitative estimate of drug-likeness (QED) is 0.751. The van der Waals surface area contributed by atoms with Gasteiger partial charge in [-0.25, -0.2) is 14.9 Å². The zero-order chi connectivity index (χ0) is 13.9. The van der Waals surface area contributed by atoms with Gasteiger partial charge in [0.1, 0.15) is 0 Å². The number of benzene rings is 1. The van der Waals surface area contributed by atoms with E-state index < -0.39 is 5.97 Å². The van der Waals surface area contributed by atoms with E-state index in [1.807, 2.05) is 37.3 Å². The average molecular weight is 285 g/mol. The predicted molar refractivity (Wildman–Crippen MR) is 75.8 cm³/mol. The summed E-state index contributed by atoms with van der Waals surface area (Å²) in [6, 6.07) is 11.3. The molecule has 1 N–H and O–H groups in total. The highest BCUT2D eigenvalue weighted by Gasteiger charge is 2.20. The lowest BCUT2D eigenvalue weighted by Gasteiger charge is -2.02. The maximum atomic E-state index is 12.2. The van der Waals surface area contributed by atoms with E-state index in [2.05, 4.69) is 15.2 Å². The molecule has 20 heavy (non-hydrogen) atoms. The van der Waals surface area contributed by atoms with Gasteiger partial charge in [0, 0.05) is 6.07 Å². The van der Waals surface area contributed by atoms with Crippen LogP contribution in [0.5, 0.6) is 5.88 Å². The Kier molecular flexibility index (Phi) is 3.30. The minimum Gasteiger partial charge on any atom is -0.403 e. The molecule has 0 aliphatic carbocycles. The molecule has 2 heterocycles. The van der Waals surface area contributed by atoms with E-state index in [4.69, 9.17) is 4.74 Å². The van der Waals surface area contributed by atoms with Crippen molar-refractivity contribution in [2.24, 2.45) is 0 Å². The molecular formula is C14H11N3O2S. The summed E-state index contributed by atoms with van der Waals surface area (Å²) >= 11 is 1.47. The summed E-state index contributed by atoms with van der Waals surface area (Å²) < 4.78 is 5.20. The first kappa shape index (κ1) is 12.6. The molecule has 1 aromatic carbocycles. The van der Waals surface area contributed by atoms with E-state index in [9.17, 15) is 4.79 Å². The van der Waals surface area contributed by atoms with Crippen LogP contribution in [0.3, 0.4) is 0 Å². The van der Waals surface area contributed by atoms with E-state index in [1.54, 1.807) is 6.07 Å². The highest BCUT2D eigenvalue weighted by Crippen LogP contribution is 2.30. The normalized spacial score (nSPS) is 10.4. The van der Waals surface area contributed by atoms with Crippen molar-refractivity contribution < 1.29 is 9.53 Å². The van der Waals surface area contributed by atoms with Crippen molar-refractivity contribution in [1.82, 2.24) is 15.2 Å². The van der Waals surface area contributed by atoms with Crippen molar-refractivity contribution in [2.75, 3.05) is 0 Å². The summed E-state index contributed by atoms with van der Waals surface area (Å²) in [6.07, 6.45) is 1.52. The first-order chi connectivity index (χ1) is 9.74. The fourth-order valence-electron chi connectivity index (χ4n) is 1.80. The fourth-order valence-corrected chi connectivity index (χ4v) is 2.71. The Hall–Kier alpha value is -2.47. The van der Waals surface area contributed by atoms with E-state index in [-0.39, 0.29) is 0 Å². The van der Waals surface area contributed by atoms with Crippen LogP contribution in [0.1, 0.15) is 15.5 Å². The molecule has 0 aliphatic rings. The number of nitrogens with one attached hydrogen (secondary N) is 1. The Balaban J connectivity index is 1.96. The lowest BCUT2D eigenvalue weighted by molar-refractivity contribution is 0.0722. The van der Waals surface area contributed by atoms with Crippen LogP contribution in [0.15, 0.2) is 42.6 Å². The highest BCUT2D eigenvalue weighted by atomic mass is 32.1. The van der Waals surface area contributed by atoms with Gasteiger partial charge in [0.25, 0.3) is 0 Å². The third kappa shape index (κ3) is 2.46. The minimum atomic E-state index is -0.488. The summed E-state index contributed by atoms with van der Waals surface area (Å²) in [4.78, 5) is 17.3. The van der Waals surface area contributed by atoms with Crippen LogP contribution >= 0.6 is 11.3 Å². The van der Waals surface area contributed by atoms with Crippen LogP contribution < -0.4 is 4.74 Å². The Morgan fingerprint density at radius 2 is 2.05 bits per heavy atom. The third-order valence-electron chi connectivity index (χ3n) is 2.64. The summed E-state index contributed by atoms with van der Waals surface area (Å²) in [7, 11) is 0. The minimum absolute atomic E-state index is 0.305. The molecule has 0 saturated carbocycles. The van der Waals surface area contributed by atoms with Crippen LogP contribution in [0.4, 0.5) is 0 Å². The Bertz CT molecular complexity index is 720. The number of rotatable bonds is 3. The number of esters is 1. The van der Waals surface area contributed by atoms with Crippen molar-refractivity contribution in [3.63, 3.8) is 0 Å². The van der Waals surface area contributed by atoms with Gasteiger partial charge < -0.3 is 4.74 Å². The van der Waals surface area contributed by atoms with E-state index >= 15 is 0 Å². The van der Waals surface area contributed by atoms with Gasteiger partial charge in [-0.3, -0.25) is 0 Å². The number of carbonyl (C=O) groups is 1. The zero-order valence-electron chi connectivity index (χ0n) is 10.7. The molecule has 2 aromatic heterocycles. The summed E-state index contributed by atoms with van der Waals surface area (Å²) in [5.41, 5.74) is 1.28. The summed E-state index contributed by atoms with van der Waals surface area (Å²) in [6.45, 7) is 1.87. The number of hydrogen-bond acceptors (Lipinski definition) is 5. The van der Waals surface area contributed by atoms with Crippen LogP contribution in [0.2, 0.25) is 0 Å². The molecule has 0 spiro atoms. The number of hydrogen-bond donors (Lipinski definition) is 1. The standard InChI is InChI=1S/C14H11N3O2S/c1-9-16-12(14(18)19-11-7-8-15-17-11)13(20-9)10-5-3-2-4-6-10/h2-8H,1H3,(H,15,17). The zero-order valence-corrected chi connectivity index (χ0v) is 11.5. The third-order valence-corrected chi connectivity index (χ3v) is 3.66. The van der Waals surface area contributed by atoms with Crippen molar-refractivity contribution in [3.8, 4) is 16.3 Å². The molecule has 0 saturated heterocycles. The smallest absolute Gasteiger partial charge is 0.365 e. The van der Waals surface area contributed by atoms with Gasteiger partial charge in [0.2, 0.25) is 5.88 Å². The van der Waals surface area contributed by atoms with Crippen molar-refractivity contribution >= 4 is 17.3 Å². The summed E-state index contributed by atoms with van der Waals surface area (Å²) in [5, 5.41) is 7.14. The first-order valence-electron chi connectivity index (χ1n) is 5.98. The molecule has 0 aliphatic heterocycles. The second kappa shape index (κ2) is 5.26. The van der Waals surface area contributed by atoms with Gasteiger partial charge in [0.15, 0.2) is 5.69 Å². The molecule has 0 bridgehead atoms. The monoisotopic (exact) mass is 285 g/mol. The molecule has 0 atom stereocenters. The number of H-pyrrole nitrogens is 1. The Labute approximate surface area is 119 Å². The van der Waals surface area contributed by atoms with Gasteiger partial charge in [-0.2, -0.15) is 5.10 Å². The van der Waals surface area contributed by atoms with Crippen molar-refractivity contribution in [1.29, 1.82) is 0 Å². The van der Waals surface area contributed by atoms with Gasteiger partial charge in [0.05, 0.1) is 16.1 Å². The lowest BCUT2D eigenvalue weighted by atomic mass is 10.1. The van der Waals surface area contributed by atoms with Gasteiger partial charge >= 0.3 is 5.97 Å². The van der Waals surface area contributed by atoms with E-state index in [0.29, 0.717) is 11.6 Å². The van der Waals surface area contributed by atoms with Gasteiger partial charge in [-0.05, 0) is 12.5 Å².